The highest BCUT2D eigenvalue weighted by Crippen LogP contribution is 2.36. The lowest BCUT2D eigenvalue weighted by Crippen LogP contribution is -2.27. The smallest absolute Gasteiger partial charge is 0.232 e. The molecule has 0 unspecified atom stereocenters. The first-order valence-corrected chi connectivity index (χ1v) is 7.89. The molecule has 0 bridgehead atoms. The van der Waals surface area contributed by atoms with Crippen LogP contribution in [0.3, 0.4) is 0 Å². The summed E-state index contributed by atoms with van der Waals surface area (Å²) in [5.41, 5.74) is 1.91. The number of benzene rings is 1. The van der Waals surface area contributed by atoms with Gasteiger partial charge in [-0.1, -0.05) is 22.8 Å². The molecule has 1 aliphatic carbocycles. The minimum Gasteiger partial charge on any atom is -0.339 e. The lowest BCUT2D eigenvalue weighted by Gasteiger charge is -2.13. The van der Waals surface area contributed by atoms with Gasteiger partial charge in [-0.05, 0) is 37.5 Å². The molecule has 2 fully saturated rings. The number of carbonyl (C=O) groups is 1. The molecule has 0 N–H and O–H groups in total. The van der Waals surface area contributed by atoms with Crippen molar-refractivity contribution in [1.29, 1.82) is 0 Å². The van der Waals surface area contributed by atoms with E-state index >= 15 is 0 Å². The molecule has 2 aromatic rings. The molecule has 1 saturated heterocycles. The third kappa shape index (κ3) is 2.39. The average Bonchev–Trinajstić information content (AvgIpc) is 3.08. The van der Waals surface area contributed by atoms with Gasteiger partial charge in [-0.25, -0.2) is 0 Å². The third-order valence-electron chi connectivity index (χ3n) is 4.38. The van der Waals surface area contributed by atoms with Crippen LogP contribution in [-0.2, 0) is 4.79 Å². The van der Waals surface area contributed by atoms with Crippen LogP contribution in [0.1, 0.15) is 36.6 Å². The van der Waals surface area contributed by atoms with Gasteiger partial charge in [0.25, 0.3) is 0 Å². The van der Waals surface area contributed by atoms with Crippen LogP contribution in [0.25, 0.3) is 11.4 Å². The van der Waals surface area contributed by atoms with E-state index in [1.807, 2.05) is 30.0 Å². The second kappa shape index (κ2) is 5.09. The van der Waals surface area contributed by atoms with Crippen molar-refractivity contribution in [3.05, 3.63) is 34.7 Å². The summed E-state index contributed by atoms with van der Waals surface area (Å²) in [5.74, 6) is 1.29. The van der Waals surface area contributed by atoms with E-state index in [1.165, 1.54) is 0 Å². The first-order valence-electron chi connectivity index (χ1n) is 7.51. The van der Waals surface area contributed by atoms with Crippen molar-refractivity contribution < 1.29 is 9.32 Å². The zero-order valence-corrected chi connectivity index (χ0v) is 13.0. The van der Waals surface area contributed by atoms with Crippen molar-refractivity contribution in [2.75, 3.05) is 6.54 Å². The number of aryl methyl sites for hydroxylation is 1. The molecule has 22 heavy (non-hydrogen) atoms. The quantitative estimate of drug-likeness (QED) is 0.872. The second-order valence-corrected chi connectivity index (χ2v) is 6.53. The zero-order chi connectivity index (χ0) is 15.3. The first-order chi connectivity index (χ1) is 10.6. The van der Waals surface area contributed by atoms with Gasteiger partial charge >= 0.3 is 0 Å². The highest BCUT2D eigenvalue weighted by molar-refractivity contribution is 6.30. The monoisotopic (exact) mass is 317 g/mol. The van der Waals surface area contributed by atoms with E-state index in [1.54, 1.807) is 0 Å². The van der Waals surface area contributed by atoms with Crippen LogP contribution in [0, 0.1) is 6.92 Å². The molecule has 1 aliphatic heterocycles. The molecule has 1 aromatic carbocycles. The summed E-state index contributed by atoms with van der Waals surface area (Å²) in [5, 5.41) is 4.71. The molecule has 2 aliphatic rings. The van der Waals surface area contributed by atoms with E-state index < -0.39 is 0 Å². The summed E-state index contributed by atoms with van der Waals surface area (Å²) in [4.78, 5) is 18.5. The maximum absolute atomic E-state index is 12.0. The van der Waals surface area contributed by atoms with Crippen molar-refractivity contribution in [1.82, 2.24) is 15.0 Å². The fourth-order valence-corrected chi connectivity index (χ4v) is 3.15. The number of nitrogens with zero attached hydrogens (tertiary/aromatic N) is 3. The van der Waals surface area contributed by atoms with Gasteiger partial charge in [0.1, 0.15) is 0 Å². The molecule has 1 aromatic heterocycles. The Morgan fingerprint density at radius 2 is 2.18 bits per heavy atom. The lowest BCUT2D eigenvalue weighted by atomic mass is 10.1. The fraction of sp³-hybridized carbons (Fsp3) is 0.438. The van der Waals surface area contributed by atoms with E-state index in [0.29, 0.717) is 35.7 Å². The summed E-state index contributed by atoms with van der Waals surface area (Å²) in [6.07, 6.45) is 2.71. The van der Waals surface area contributed by atoms with E-state index in [9.17, 15) is 4.79 Å². The summed E-state index contributed by atoms with van der Waals surface area (Å²) < 4.78 is 5.41. The number of likely N-dealkylation sites (tertiary alicyclic amines) is 1. The molecule has 1 saturated carbocycles. The normalized spacial score (nSPS) is 21.6. The van der Waals surface area contributed by atoms with Crippen molar-refractivity contribution >= 4 is 17.5 Å². The van der Waals surface area contributed by atoms with E-state index in [4.69, 9.17) is 16.1 Å². The average molecular weight is 318 g/mol. The standard InChI is InChI=1S/C16H16ClN3O2/c1-9-2-3-11(17)7-13(9)15-18-16(22-19-15)10-6-14(21)20(8-10)12-4-5-12/h2-3,7,10,12H,4-6,8H2,1H3/t10-/m0/s1. The van der Waals surface area contributed by atoms with Gasteiger partial charge < -0.3 is 9.42 Å². The van der Waals surface area contributed by atoms with Gasteiger partial charge in [-0.3, -0.25) is 4.79 Å². The number of hydrogen-bond donors (Lipinski definition) is 0. The molecule has 5 nitrogen and oxygen atoms in total. The lowest BCUT2D eigenvalue weighted by molar-refractivity contribution is -0.128. The first kappa shape index (κ1) is 13.8. The minimum atomic E-state index is 0.00819. The van der Waals surface area contributed by atoms with Gasteiger partial charge in [0.15, 0.2) is 0 Å². The maximum Gasteiger partial charge on any atom is 0.232 e. The summed E-state index contributed by atoms with van der Waals surface area (Å²) >= 11 is 6.04. The van der Waals surface area contributed by atoms with Gasteiger partial charge in [0.2, 0.25) is 17.6 Å². The molecule has 4 rings (SSSR count). The molecule has 1 atom stereocenters. The van der Waals surface area contributed by atoms with Crippen LogP contribution in [0.4, 0.5) is 0 Å². The molecule has 6 heteroatoms. The molecular formula is C16H16ClN3O2. The van der Waals surface area contributed by atoms with Gasteiger partial charge in [-0.2, -0.15) is 4.98 Å². The number of rotatable bonds is 3. The second-order valence-electron chi connectivity index (χ2n) is 6.09. The third-order valence-corrected chi connectivity index (χ3v) is 4.61. The number of amides is 1. The van der Waals surface area contributed by atoms with Gasteiger partial charge in [0, 0.05) is 29.6 Å². The number of carbonyl (C=O) groups excluding carboxylic acids is 1. The Balaban J connectivity index is 1.59. The number of halogens is 1. The van der Waals surface area contributed by atoms with Crippen molar-refractivity contribution in [3.63, 3.8) is 0 Å². The minimum absolute atomic E-state index is 0.00819. The highest BCUT2D eigenvalue weighted by atomic mass is 35.5. The number of hydrogen-bond acceptors (Lipinski definition) is 4. The summed E-state index contributed by atoms with van der Waals surface area (Å²) in [6, 6.07) is 6.05. The summed E-state index contributed by atoms with van der Waals surface area (Å²) in [7, 11) is 0. The van der Waals surface area contributed by atoms with Crippen LogP contribution < -0.4 is 0 Å². The Labute approximate surface area is 133 Å². The van der Waals surface area contributed by atoms with Gasteiger partial charge in [0.05, 0.1) is 5.92 Å². The van der Waals surface area contributed by atoms with Gasteiger partial charge in [-0.15, -0.1) is 0 Å². The van der Waals surface area contributed by atoms with Crippen LogP contribution in [0.5, 0.6) is 0 Å². The molecular weight excluding hydrogens is 302 g/mol. The Hall–Kier alpha value is -1.88. The Bertz CT molecular complexity index is 739. The van der Waals surface area contributed by atoms with Crippen LogP contribution in [-0.4, -0.2) is 33.5 Å². The van der Waals surface area contributed by atoms with Crippen molar-refractivity contribution in [2.45, 2.75) is 38.1 Å². The van der Waals surface area contributed by atoms with Crippen molar-refractivity contribution in [3.8, 4) is 11.4 Å². The Morgan fingerprint density at radius 3 is 2.95 bits per heavy atom. The Morgan fingerprint density at radius 1 is 1.36 bits per heavy atom. The largest absolute Gasteiger partial charge is 0.339 e. The van der Waals surface area contributed by atoms with Crippen LogP contribution >= 0.6 is 11.6 Å². The molecule has 1 amide bonds. The maximum atomic E-state index is 12.0. The van der Waals surface area contributed by atoms with Crippen LogP contribution in [0.15, 0.2) is 22.7 Å². The number of aromatic nitrogens is 2. The molecule has 0 spiro atoms. The highest BCUT2D eigenvalue weighted by Gasteiger charge is 2.41. The molecule has 0 radical (unpaired) electrons. The van der Waals surface area contributed by atoms with E-state index in [0.717, 1.165) is 24.0 Å². The molecule has 2 heterocycles. The topological polar surface area (TPSA) is 59.2 Å². The van der Waals surface area contributed by atoms with Crippen LogP contribution in [0.2, 0.25) is 5.02 Å². The fourth-order valence-electron chi connectivity index (χ4n) is 2.98. The Kier molecular flexibility index (Phi) is 3.18. The predicted molar refractivity (Wildman–Crippen MR) is 81.6 cm³/mol. The van der Waals surface area contributed by atoms with Crippen molar-refractivity contribution in [2.24, 2.45) is 0 Å². The van der Waals surface area contributed by atoms with E-state index in [-0.39, 0.29) is 11.8 Å². The molecule has 114 valence electrons. The summed E-state index contributed by atoms with van der Waals surface area (Å²) in [6.45, 7) is 2.68. The van der Waals surface area contributed by atoms with E-state index in [2.05, 4.69) is 10.1 Å². The SMILES string of the molecule is Cc1ccc(Cl)cc1-c1noc([C@H]2CC(=O)N(C3CC3)C2)n1. The zero-order valence-electron chi connectivity index (χ0n) is 12.3. The predicted octanol–water partition coefficient (Wildman–Crippen LogP) is 3.18.